The van der Waals surface area contributed by atoms with Crippen LogP contribution in [0.3, 0.4) is 0 Å². The Bertz CT molecular complexity index is 1150. The zero-order valence-corrected chi connectivity index (χ0v) is 19.0. The highest BCUT2D eigenvalue weighted by atomic mass is 19.2. The van der Waals surface area contributed by atoms with Crippen molar-refractivity contribution in [2.24, 2.45) is 5.73 Å². The number of amides is 3. The van der Waals surface area contributed by atoms with E-state index < -0.39 is 84.1 Å². The van der Waals surface area contributed by atoms with Crippen LogP contribution in [0.4, 0.5) is 17.6 Å². The van der Waals surface area contributed by atoms with Crippen molar-refractivity contribution in [2.75, 3.05) is 13.2 Å². The summed E-state index contributed by atoms with van der Waals surface area (Å²) in [6, 6.07) is 7.03. The summed E-state index contributed by atoms with van der Waals surface area (Å²) in [7, 11) is 0. The zero-order valence-electron chi connectivity index (χ0n) is 19.0. The van der Waals surface area contributed by atoms with Crippen LogP contribution in [-0.2, 0) is 35.3 Å². The highest BCUT2D eigenvalue weighted by Gasteiger charge is 2.26. The van der Waals surface area contributed by atoms with Crippen molar-refractivity contribution in [3.05, 3.63) is 65.2 Å². The van der Waals surface area contributed by atoms with Crippen LogP contribution in [-0.4, -0.2) is 48.7 Å². The topological polar surface area (TPSA) is 154 Å². The van der Waals surface area contributed by atoms with Crippen molar-refractivity contribution in [2.45, 2.75) is 25.5 Å². The van der Waals surface area contributed by atoms with Gasteiger partial charge >= 0.3 is 17.8 Å². The van der Waals surface area contributed by atoms with Gasteiger partial charge in [-0.25, -0.2) is 8.78 Å². The molecule has 0 bridgehead atoms. The van der Waals surface area contributed by atoms with Crippen LogP contribution < -0.4 is 21.1 Å². The SMILES string of the molecule is NC(=O)C(=O)NCC(=O)NC(CCC(=O)OCc1ccccc1)C(=O)COc1c(F)c(F)cc(F)c1F. The molecule has 1 unspecified atom stereocenters. The number of primary amides is 1. The Morgan fingerprint density at radius 1 is 0.946 bits per heavy atom. The predicted octanol–water partition coefficient (Wildman–Crippen LogP) is 0.801. The Morgan fingerprint density at radius 2 is 1.57 bits per heavy atom. The number of ketones is 1. The predicted molar refractivity (Wildman–Crippen MR) is 116 cm³/mol. The smallest absolute Gasteiger partial charge is 0.309 e. The lowest BCUT2D eigenvalue weighted by molar-refractivity contribution is -0.145. The minimum Gasteiger partial charge on any atom is -0.479 e. The van der Waals surface area contributed by atoms with Gasteiger partial charge in [-0.2, -0.15) is 8.78 Å². The highest BCUT2D eigenvalue weighted by molar-refractivity contribution is 6.34. The zero-order chi connectivity index (χ0) is 27.5. The fraction of sp³-hybridized carbons (Fsp3) is 0.261. The summed E-state index contributed by atoms with van der Waals surface area (Å²) in [5.74, 6) is -14.3. The standard InChI is InChI=1S/C23H21F4N3O7/c24-13-8-14(25)20(27)21(19(13)26)37-11-16(31)15(30-17(32)9-29-23(35)22(28)34)6-7-18(33)36-10-12-4-2-1-3-5-12/h1-5,8,15H,6-7,9-11H2,(H2,28,34)(H,29,35)(H,30,32). The molecule has 4 N–H and O–H groups in total. The summed E-state index contributed by atoms with van der Waals surface area (Å²) >= 11 is 0. The molecular weight excluding hydrogens is 506 g/mol. The Morgan fingerprint density at radius 3 is 2.16 bits per heavy atom. The number of benzene rings is 2. The van der Waals surface area contributed by atoms with E-state index in [0.29, 0.717) is 5.56 Å². The first-order valence-corrected chi connectivity index (χ1v) is 10.5. The molecule has 0 aliphatic heterocycles. The quantitative estimate of drug-likeness (QED) is 0.160. The third-order valence-corrected chi connectivity index (χ3v) is 4.67. The average molecular weight is 527 g/mol. The van der Waals surface area contributed by atoms with Gasteiger partial charge in [-0.3, -0.25) is 24.0 Å². The lowest BCUT2D eigenvalue weighted by Crippen LogP contribution is -2.48. The Hall–Kier alpha value is -4.49. The molecule has 0 saturated heterocycles. The third-order valence-electron chi connectivity index (χ3n) is 4.67. The molecule has 0 fully saturated rings. The first kappa shape index (κ1) is 28.7. The van der Waals surface area contributed by atoms with Crippen LogP contribution in [0.2, 0.25) is 0 Å². The fourth-order valence-electron chi connectivity index (χ4n) is 2.80. The van der Waals surface area contributed by atoms with Crippen molar-refractivity contribution in [1.82, 2.24) is 10.6 Å². The number of carbonyl (C=O) groups excluding carboxylic acids is 5. The first-order chi connectivity index (χ1) is 17.5. The second kappa shape index (κ2) is 13.6. The molecule has 37 heavy (non-hydrogen) atoms. The molecule has 0 aliphatic carbocycles. The number of hydrogen-bond acceptors (Lipinski definition) is 7. The van der Waals surface area contributed by atoms with E-state index in [0.717, 1.165) is 0 Å². The number of hydrogen-bond donors (Lipinski definition) is 3. The monoisotopic (exact) mass is 527 g/mol. The summed E-state index contributed by atoms with van der Waals surface area (Å²) in [5.41, 5.74) is 5.43. The number of nitrogens with two attached hydrogens (primary N) is 1. The fourth-order valence-corrected chi connectivity index (χ4v) is 2.80. The largest absolute Gasteiger partial charge is 0.479 e. The van der Waals surface area contributed by atoms with Gasteiger partial charge in [0.1, 0.15) is 13.2 Å². The van der Waals surface area contributed by atoms with Crippen LogP contribution >= 0.6 is 0 Å². The van der Waals surface area contributed by atoms with E-state index in [9.17, 15) is 41.5 Å². The lowest BCUT2D eigenvalue weighted by atomic mass is 10.1. The van der Waals surface area contributed by atoms with Crippen molar-refractivity contribution in [3.8, 4) is 5.75 Å². The van der Waals surface area contributed by atoms with Crippen LogP contribution in [0.25, 0.3) is 0 Å². The van der Waals surface area contributed by atoms with Gasteiger partial charge in [-0.1, -0.05) is 30.3 Å². The molecule has 2 aromatic carbocycles. The van der Waals surface area contributed by atoms with Gasteiger partial charge in [0.15, 0.2) is 23.2 Å². The molecule has 3 amide bonds. The van der Waals surface area contributed by atoms with Crippen LogP contribution in [0, 0.1) is 23.3 Å². The maximum Gasteiger partial charge on any atom is 0.309 e. The molecule has 0 heterocycles. The summed E-state index contributed by atoms with van der Waals surface area (Å²) in [4.78, 5) is 58.7. The van der Waals surface area contributed by atoms with E-state index in [-0.39, 0.29) is 19.1 Å². The Balaban J connectivity index is 2.04. The van der Waals surface area contributed by atoms with Gasteiger partial charge in [-0.05, 0) is 12.0 Å². The number of ether oxygens (including phenoxy) is 2. The maximum absolute atomic E-state index is 13.8. The first-order valence-electron chi connectivity index (χ1n) is 10.5. The molecule has 0 aliphatic rings. The van der Waals surface area contributed by atoms with Crippen molar-refractivity contribution in [3.63, 3.8) is 0 Å². The minimum atomic E-state index is -1.88. The van der Waals surface area contributed by atoms with E-state index in [1.807, 2.05) is 5.32 Å². The van der Waals surface area contributed by atoms with Gasteiger partial charge in [0, 0.05) is 12.5 Å². The molecule has 1 atom stereocenters. The van der Waals surface area contributed by atoms with Crippen molar-refractivity contribution >= 4 is 29.5 Å². The average Bonchev–Trinajstić information content (AvgIpc) is 2.87. The molecule has 198 valence electrons. The number of Topliss-reactive ketones (excluding diaryl/α,β-unsaturated/α-hetero) is 1. The molecule has 0 spiro atoms. The normalized spacial score (nSPS) is 11.2. The summed E-state index contributed by atoms with van der Waals surface area (Å²) in [6.45, 7) is -2.02. The summed E-state index contributed by atoms with van der Waals surface area (Å²) in [5, 5.41) is 4.02. The maximum atomic E-state index is 13.8. The molecule has 0 saturated carbocycles. The Labute approximate surface area is 207 Å². The van der Waals surface area contributed by atoms with Crippen molar-refractivity contribution < 1.29 is 51.0 Å². The number of nitrogens with one attached hydrogen (secondary N) is 2. The lowest BCUT2D eigenvalue weighted by Gasteiger charge is -2.18. The van der Waals surface area contributed by atoms with Gasteiger partial charge in [-0.15, -0.1) is 0 Å². The van der Waals surface area contributed by atoms with Gasteiger partial charge in [0.05, 0.1) is 12.6 Å². The van der Waals surface area contributed by atoms with Crippen LogP contribution in [0.1, 0.15) is 18.4 Å². The van der Waals surface area contributed by atoms with Gasteiger partial charge < -0.3 is 25.8 Å². The Kier molecular flexibility index (Phi) is 10.5. The summed E-state index contributed by atoms with van der Waals surface area (Å²) < 4.78 is 64.0. The molecule has 0 aromatic heterocycles. The second-order valence-corrected chi connectivity index (χ2v) is 7.40. The minimum absolute atomic E-state index is 0.0518. The van der Waals surface area contributed by atoms with Crippen molar-refractivity contribution in [1.29, 1.82) is 0 Å². The van der Waals surface area contributed by atoms with E-state index in [4.69, 9.17) is 10.5 Å². The van der Waals surface area contributed by atoms with Crippen LogP contribution in [0.15, 0.2) is 36.4 Å². The second-order valence-electron chi connectivity index (χ2n) is 7.40. The summed E-state index contributed by atoms with van der Waals surface area (Å²) in [6.07, 6.45) is -0.789. The number of esters is 1. The number of carbonyl (C=O) groups is 5. The highest BCUT2D eigenvalue weighted by Crippen LogP contribution is 2.26. The number of halogens is 4. The van der Waals surface area contributed by atoms with Gasteiger partial charge in [0.25, 0.3) is 0 Å². The molecule has 14 heteroatoms. The van der Waals surface area contributed by atoms with Crippen LogP contribution in [0.5, 0.6) is 5.75 Å². The van der Waals surface area contributed by atoms with E-state index in [2.05, 4.69) is 10.1 Å². The van der Waals surface area contributed by atoms with E-state index >= 15 is 0 Å². The van der Waals surface area contributed by atoms with E-state index in [1.165, 1.54) is 0 Å². The molecule has 2 rings (SSSR count). The molecule has 2 aromatic rings. The molecule has 10 nitrogen and oxygen atoms in total. The van der Waals surface area contributed by atoms with E-state index in [1.54, 1.807) is 30.3 Å². The molecule has 0 radical (unpaired) electrons. The van der Waals surface area contributed by atoms with Gasteiger partial charge in [0.2, 0.25) is 17.5 Å². The third kappa shape index (κ3) is 8.91. The number of rotatable bonds is 12. The molecular formula is C23H21F4N3O7.